The van der Waals surface area contributed by atoms with Crippen LogP contribution in [0, 0.1) is 0 Å². The maximum absolute atomic E-state index is 12.2. The zero-order valence-electron chi connectivity index (χ0n) is 13.8. The fraction of sp³-hybridized carbons (Fsp3) is 0.150. The normalized spacial score (nSPS) is 10.5. The van der Waals surface area contributed by atoms with E-state index in [2.05, 4.69) is 21.2 Å². The number of ether oxygens (including phenoxy) is 1. The third kappa shape index (κ3) is 4.51. The Morgan fingerprint density at radius 3 is 2.44 bits per heavy atom. The van der Waals surface area contributed by atoms with E-state index < -0.39 is 0 Å². The van der Waals surface area contributed by atoms with E-state index in [1.165, 1.54) is 0 Å². The van der Waals surface area contributed by atoms with Gasteiger partial charge in [0.15, 0.2) is 0 Å². The molecule has 1 heterocycles. The fourth-order valence-corrected chi connectivity index (χ4v) is 2.65. The van der Waals surface area contributed by atoms with Crippen LogP contribution in [0.15, 0.2) is 69.6 Å². The molecule has 0 fully saturated rings. The predicted molar refractivity (Wildman–Crippen MR) is 101 cm³/mol. The highest BCUT2D eigenvalue weighted by molar-refractivity contribution is 9.10. The molecule has 0 bridgehead atoms. The third-order valence-electron chi connectivity index (χ3n) is 3.64. The zero-order valence-corrected chi connectivity index (χ0v) is 15.4. The molecule has 0 aliphatic rings. The van der Waals surface area contributed by atoms with Crippen LogP contribution in [0.25, 0.3) is 11.3 Å². The lowest BCUT2D eigenvalue weighted by molar-refractivity contribution is 0.0948. The molecule has 0 radical (unpaired) electrons. The van der Waals surface area contributed by atoms with Crippen molar-refractivity contribution in [2.45, 2.75) is 13.5 Å². The third-order valence-corrected chi connectivity index (χ3v) is 4.17. The highest BCUT2D eigenvalue weighted by atomic mass is 79.9. The fourth-order valence-electron chi connectivity index (χ4n) is 2.38. The Bertz CT molecular complexity index is 838. The van der Waals surface area contributed by atoms with Crippen molar-refractivity contribution in [2.24, 2.45) is 0 Å². The summed E-state index contributed by atoms with van der Waals surface area (Å²) in [7, 11) is 0. The quantitative estimate of drug-likeness (QED) is 0.631. The maximum atomic E-state index is 12.2. The molecule has 2 aromatic carbocycles. The number of furan rings is 1. The molecule has 1 aromatic heterocycles. The van der Waals surface area contributed by atoms with Crippen LogP contribution in [-0.2, 0) is 6.54 Å². The minimum absolute atomic E-state index is 0.148. The summed E-state index contributed by atoms with van der Waals surface area (Å²) in [6.07, 6.45) is 0. The molecule has 0 saturated carbocycles. The molecule has 0 atom stereocenters. The second-order valence-electron chi connectivity index (χ2n) is 5.41. The highest BCUT2D eigenvalue weighted by Gasteiger charge is 2.08. The first-order chi connectivity index (χ1) is 12.2. The number of amides is 1. The van der Waals surface area contributed by atoms with Crippen molar-refractivity contribution in [1.82, 2.24) is 5.32 Å². The van der Waals surface area contributed by atoms with Crippen LogP contribution in [0.4, 0.5) is 0 Å². The van der Waals surface area contributed by atoms with E-state index in [1.807, 2.05) is 43.3 Å². The Morgan fingerprint density at radius 1 is 1.04 bits per heavy atom. The largest absolute Gasteiger partial charge is 0.494 e. The van der Waals surface area contributed by atoms with Gasteiger partial charge in [0.2, 0.25) is 0 Å². The Kier molecular flexibility index (Phi) is 5.56. The number of halogens is 1. The molecule has 4 nitrogen and oxygen atoms in total. The summed E-state index contributed by atoms with van der Waals surface area (Å²) in [6, 6.07) is 18.7. The van der Waals surface area contributed by atoms with Gasteiger partial charge in [0.25, 0.3) is 5.91 Å². The van der Waals surface area contributed by atoms with E-state index in [9.17, 15) is 4.79 Å². The van der Waals surface area contributed by atoms with Crippen LogP contribution in [0.2, 0.25) is 0 Å². The van der Waals surface area contributed by atoms with Gasteiger partial charge in [0.05, 0.1) is 13.2 Å². The van der Waals surface area contributed by atoms with Crippen molar-refractivity contribution < 1.29 is 13.9 Å². The average molecular weight is 400 g/mol. The number of carbonyl (C=O) groups is 1. The van der Waals surface area contributed by atoms with Gasteiger partial charge in [0, 0.05) is 15.6 Å². The van der Waals surface area contributed by atoms with Gasteiger partial charge in [-0.15, -0.1) is 0 Å². The molecule has 3 aromatic rings. The minimum atomic E-state index is -0.148. The van der Waals surface area contributed by atoms with Crippen molar-refractivity contribution >= 4 is 21.8 Å². The first-order valence-electron chi connectivity index (χ1n) is 8.01. The molecule has 0 aliphatic carbocycles. The molecule has 128 valence electrons. The van der Waals surface area contributed by atoms with Crippen LogP contribution < -0.4 is 10.1 Å². The van der Waals surface area contributed by atoms with E-state index in [4.69, 9.17) is 9.15 Å². The second-order valence-corrected chi connectivity index (χ2v) is 6.33. The number of benzene rings is 2. The van der Waals surface area contributed by atoms with Crippen LogP contribution in [0.3, 0.4) is 0 Å². The first-order valence-corrected chi connectivity index (χ1v) is 8.80. The monoisotopic (exact) mass is 399 g/mol. The van der Waals surface area contributed by atoms with Crippen LogP contribution in [0.1, 0.15) is 23.0 Å². The van der Waals surface area contributed by atoms with Crippen LogP contribution in [0.5, 0.6) is 5.75 Å². The molecule has 1 N–H and O–H groups in total. The SMILES string of the molecule is CCOc1ccc(C(=O)NCc2ccc(-c3ccc(Br)cc3)o2)cc1. The number of nitrogens with one attached hydrogen (secondary N) is 1. The summed E-state index contributed by atoms with van der Waals surface area (Å²) in [5.74, 6) is 2.09. The molecule has 5 heteroatoms. The number of hydrogen-bond acceptors (Lipinski definition) is 3. The average Bonchev–Trinajstić information content (AvgIpc) is 3.10. The van der Waals surface area contributed by atoms with E-state index >= 15 is 0 Å². The van der Waals surface area contributed by atoms with Crippen molar-refractivity contribution in [3.05, 3.63) is 76.5 Å². The Balaban J connectivity index is 1.60. The molecule has 25 heavy (non-hydrogen) atoms. The lowest BCUT2D eigenvalue weighted by Gasteiger charge is -2.06. The van der Waals surface area contributed by atoms with Gasteiger partial charge in [0.1, 0.15) is 17.3 Å². The lowest BCUT2D eigenvalue weighted by atomic mass is 10.2. The Labute approximate surface area is 154 Å². The molecule has 3 rings (SSSR count). The van der Waals surface area contributed by atoms with Crippen molar-refractivity contribution in [2.75, 3.05) is 6.61 Å². The topological polar surface area (TPSA) is 51.5 Å². The summed E-state index contributed by atoms with van der Waals surface area (Å²) in [5.41, 5.74) is 1.58. The van der Waals surface area contributed by atoms with Crippen LogP contribution >= 0.6 is 15.9 Å². The number of rotatable bonds is 6. The van der Waals surface area contributed by atoms with Gasteiger partial charge in [-0.2, -0.15) is 0 Å². The van der Waals surface area contributed by atoms with E-state index in [0.717, 1.165) is 21.5 Å². The molecule has 0 saturated heterocycles. The molecule has 0 spiro atoms. The number of hydrogen-bond donors (Lipinski definition) is 1. The van der Waals surface area contributed by atoms with E-state index in [0.29, 0.717) is 24.5 Å². The van der Waals surface area contributed by atoms with Crippen LogP contribution in [-0.4, -0.2) is 12.5 Å². The molecule has 1 amide bonds. The predicted octanol–water partition coefficient (Wildman–Crippen LogP) is 5.04. The highest BCUT2D eigenvalue weighted by Crippen LogP contribution is 2.24. The molecular weight excluding hydrogens is 382 g/mol. The Morgan fingerprint density at radius 2 is 1.76 bits per heavy atom. The molecular formula is C20H18BrNO3. The van der Waals surface area contributed by atoms with Gasteiger partial charge in [-0.1, -0.05) is 28.1 Å². The van der Waals surface area contributed by atoms with Gasteiger partial charge in [-0.05, 0) is 55.5 Å². The van der Waals surface area contributed by atoms with Crippen molar-refractivity contribution in [3.63, 3.8) is 0 Å². The Hall–Kier alpha value is -2.53. The molecule has 0 unspecified atom stereocenters. The summed E-state index contributed by atoms with van der Waals surface area (Å²) in [6.45, 7) is 2.86. The summed E-state index contributed by atoms with van der Waals surface area (Å²) in [5, 5.41) is 2.86. The van der Waals surface area contributed by atoms with Gasteiger partial charge in [-0.3, -0.25) is 4.79 Å². The standard InChI is InChI=1S/C20H18BrNO3/c1-2-24-17-9-5-15(6-10-17)20(23)22-13-18-11-12-19(25-18)14-3-7-16(21)8-4-14/h3-12H,2,13H2,1H3,(H,22,23). The first kappa shape index (κ1) is 17.3. The van der Waals surface area contributed by atoms with Crippen molar-refractivity contribution in [1.29, 1.82) is 0 Å². The van der Waals surface area contributed by atoms with Gasteiger partial charge >= 0.3 is 0 Å². The van der Waals surface area contributed by atoms with E-state index in [1.54, 1.807) is 24.3 Å². The lowest BCUT2D eigenvalue weighted by Crippen LogP contribution is -2.22. The van der Waals surface area contributed by atoms with Gasteiger partial charge in [-0.25, -0.2) is 0 Å². The summed E-state index contributed by atoms with van der Waals surface area (Å²) in [4.78, 5) is 12.2. The summed E-state index contributed by atoms with van der Waals surface area (Å²) >= 11 is 3.41. The molecule has 0 aliphatic heterocycles. The van der Waals surface area contributed by atoms with E-state index in [-0.39, 0.29) is 5.91 Å². The number of carbonyl (C=O) groups excluding carboxylic acids is 1. The minimum Gasteiger partial charge on any atom is -0.494 e. The zero-order chi connectivity index (χ0) is 17.6. The summed E-state index contributed by atoms with van der Waals surface area (Å²) < 4.78 is 12.2. The van der Waals surface area contributed by atoms with Crippen molar-refractivity contribution in [3.8, 4) is 17.1 Å². The van der Waals surface area contributed by atoms with Gasteiger partial charge < -0.3 is 14.5 Å². The second kappa shape index (κ2) is 8.03. The maximum Gasteiger partial charge on any atom is 0.251 e. The smallest absolute Gasteiger partial charge is 0.251 e.